The number of allylic oxidation sites excluding steroid dienone is 1. The van der Waals surface area contributed by atoms with Gasteiger partial charge in [0.25, 0.3) is 5.56 Å². The molecule has 0 spiro atoms. The maximum atomic E-state index is 13.7. The van der Waals surface area contributed by atoms with Crippen LogP contribution in [0.1, 0.15) is 17.0 Å². The molecule has 1 aliphatic rings. The minimum absolute atomic E-state index is 0.0592. The quantitative estimate of drug-likeness (QED) is 0.276. The number of pyridine rings is 1. The number of fused-ring (bicyclic) bond motifs is 3. The molecule has 0 fully saturated rings. The maximum absolute atomic E-state index is 13.7. The number of nitrogens with two attached hydrogens (primary N) is 1. The molecule has 2 aromatic heterocycles. The van der Waals surface area contributed by atoms with Crippen molar-refractivity contribution in [2.45, 2.75) is 5.92 Å². The van der Waals surface area contributed by atoms with Crippen LogP contribution in [0.4, 0.5) is 0 Å². The number of hydrogen-bond donors (Lipinski definition) is 2. The molecule has 0 aliphatic carbocycles. The third-order valence-electron chi connectivity index (χ3n) is 6.33. The van der Waals surface area contributed by atoms with Crippen molar-refractivity contribution in [1.82, 2.24) is 14.8 Å². The van der Waals surface area contributed by atoms with Gasteiger partial charge in [0.05, 0.1) is 22.6 Å². The lowest BCUT2D eigenvalue weighted by atomic mass is 9.83. The average molecular weight is 571 g/mol. The summed E-state index contributed by atoms with van der Waals surface area (Å²) in [7, 11) is 0. The van der Waals surface area contributed by atoms with Gasteiger partial charge in [0.2, 0.25) is 5.88 Å². The number of para-hydroxylation sites is 1. The molecule has 3 N–H and O–H groups in total. The molecule has 1 atom stereocenters. The van der Waals surface area contributed by atoms with Gasteiger partial charge in [-0.15, -0.1) is 0 Å². The highest BCUT2D eigenvalue weighted by molar-refractivity contribution is 9.10. The highest BCUT2D eigenvalue weighted by Gasteiger charge is 2.36. The first kappa shape index (κ1) is 23.1. The van der Waals surface area contributed by atoms with Crippen LogP contribution in [0.15, 0.2) is 99.6 Å². The number of nitrogens with one attached hydrogen (secondary N) is 1. The van der Waals surface area contributed by atoms with Crippen molar-refractivity contribution in [1.29, 1.82) is 5.26 Å². The van der Waals surface area contributed by atoms with Crippen molar-refractivity contribution in [3.05, 3.63) is 121 Å². The first-order chi connectivity index (χ1) is 18.0. The third-order valence-corrected chi connectivity index (χ3v) is 7.11. The number of benzene rings is 3. The van der Waals surface area contributed by atoms with E-state index in [2.05, 4.69) is 27.0 Å². The second-order valence-corrected chi connectivity index (χ2v) is 9.85. The molecule has 3 heterocycles. The number of aromatic amines is 1. The normalized spacial score (nSPS) is 14.8. The molecule has 37 heavy (non-hydrogen) atoms. The van der Waals surface area contributed by atoms with Crippen LogP contribution in [0.25, 0.3) is 28.0 Å². The van der Waals surface area contributed by atoms with E-state index in [9.17, 15) is 10.1 Å². The Morgan fingerprint density at radius 2 is 1.76 bits per heavy atom. The van der Waals surface area contributed by atoms with Gasteiger partial charge in [-0.3, -0.25) is 4.79 Å². The van der Waals surface area contributed by atoms with Gasteiger partial charge in [0, 0.05) is 15.1 Å². The Kier molecular flexibility index (Phi) is 5.60. The van der Waals surface area contributed by atoms with Gasteiger partial charge in [-0.1, -0.05) is 70.0 Å². The van der Waals surface area contributed by atoms with Crippen LogP contribution in [-0.4, -0.2) is 14.8 Å². The van der Waals surface area contributed by atoms with Crippen LogP contribution < -0.4 is 16.0 Å². The van der Waals surface area contributed by atoms with Crippen LogP contribution in [0.5, 0.6) is 5.75 Å². The van der Waals surface area contributed by atoms with E-state index in [0.717, 1.165) is 15.7 Å². The number of aromatic nitrogens is 3. The highest BCUT2D eigenvalue weighted by Crippen LogP contribution is 2.46. The lowest BCUT2D eigenvalue weighted by molar-refractivity contribution is 0.397. The summed E-state index contributed by atoms with van der Waals surface area (Å²) in [6.45, 7) is 0. The molecule has 0 bridgehead atoms. The van der Waals surface area contributed by atoms with Gasteiger partial charge in [-0.25, -0.2) is 4.68 Å². The Bertz CT molecular complexity index is 1800. The van der Waals surface area contributed by atoms with Crippen LogP contribution in [0.2, 0.25) is 5.02 Å². The Morgan fingerprint density at radius 3 is 2.43 bits per heavy atom. The summed E-state index contributed by atoms with van der Waals surface area (Å²) in [5.74, 6) is -0.525. The standard InChI is InChI=1S/C28H17BrClN5O2/c29-17-10-6-16(7-11-17)24-23-25-22(28(36)33-27(23)35(34-24)19-4-2-1-3-5-19)21(20(14-31)26(32)37-25)15-8-12-18(30)13-9-15/h1-13,21H,32H2,(H,33,36). The number of nitrogens with zero attached hydrogens (tertiary/aromatic N) is 3. The maximum Gasteiger partial charge on any atom is 0.257 e. The largest absolute Gasteiger partial charge is 0.439 e. The SMILES string of the molecule is N#CC1=C(N)Oc2c(c(=O)[nH]c3c2c(-c2ccc(Br)cc2)nn3-c2ccccc2)C1c1ccc(Cl)cc1. The summed E-state index contributed by atoms with van der Waals surface area (Å²) in [5.41, 5.74) is 9.65. The fraction of sp³-hybridized carbons (Fsp3) is 0.0357. The van der Waals surface area contributed by atoms with Gasteiger partial charge in [0.1, 0.15) is 23.0 Å². The van der Waals surface area contributed by atoms with E-state index in [-0.39, 0.29) is 22.8 Å². The Balaban J connectivity index is 1.72. The second-order valence-electron chi connectivity index (χ2n) is 8.50. The third kappa shape index (κ3) is 3.80. The van der Waals surface area contributed by atoms with Crippen molar-refractivity contribution in [2.24, 2.45) is 5.73 Å². The fourth-order valence-corrected chi connectivity index (χ4v) is 5.05. The van der Waals surface area contributed by atoms with Crippen molar-refractivity contribution < 1.29 is 4.74 Å². The molecule has 9 heteroatoms. The minimum atomic E-state index is -0.739. The fourth-order valence-electron chi connectivity index (χ4n) is 4.66. The molecule has 7 nitrogen and oxygen atoms in total. The molecule has 1 aliphatic heterocycles. The highest BCUT2D eigenvalue weighted by atomic mass is 79.9. The number of ether oxygens (including phenoxy) is 1. The predicted molar refractivity (Wildman–Crippen MR) is 146 cm³/mol. The molecular formula is C28H17BrClN5O2. The molecule has 1 unspecified atom stereocenters. The van der Waals surface area contributed by atoms with Crippen molar-refractivity contribution >= 4 is 38.6 Å². The number of H-pyrrole nitrogens is 1. The smallest absolute Gasteiger partial charge is 0.257 e. The van der Waals surface area contributed by atoms with Gasteiger partial charge in [0.15, 0.2) is 5.75 Å². The molecule has 3 aromatic carbocycles. The van der Waals surface area contributed by atoms with Crippen LogP contribution >= 0.6 is 27.5 Å². The van der Waals surface area contributed by atoms with E-state index < -0.39 is 11.5 Å². The van der Waals surface area contributed by atoms with Gasteiger partial charge >= 0.3 is 0 Å². The monoisotopic (exact) mass is 569 g/mol. The summed E-state index contributed by atoms with van der Waals surface area (Å²) in [6, 6.07) is 26.3. The predicted octanol–water partition coefficient (Wildman–Crippen LogP) is 6.01. The molecule has 0 amide bonds. The average Bonchev–Trinajstić information content (AvgIpc) is 3.29. The van der Waals surface area contributed by atoms with E-state index in [1.165, 1.54) is 0 Å². The van der Waals surface area contributed by atoms with E-state index in [1.807, 2.05) is 54.6 Å². The summed E-state index contributed by atoms with van der Waals surface area (Å²) in [6.07, 6.45) is 0. The van der Waals surface area contributed by atoms with E-state index >= 15 is 0 Å². The van der Waals surface area contributed by atoms with Crippen molar-refractivity contribution in [2.75, 3.05) is 0 Å². The number of halogens is 2. The molecule has 5 aromatic rings. The van der Waals surface area contributed by atoms with Crippen LogP contribution in [-0.2, 0) is 0 Å². The zero-order valence-corrected chi connectivity index (χ0v) is 21.4. The first-order valence-electron chi connectivity index (χ1n) is 11.3. The second kappa shape index (κ2) is 8.96. The van der Waals surface area contributed by atoms with Gasteiger partial charge < -0.3 is 15.5 Å². The molecule has 6 rings (SSSR count). The Hall–Kier alpha value is -4.32. The van der Waals surface area contributed by atoms with Crippen LogP contribution in [0, 0.1) is 11.3 Å². The zero-order valence-electron chi connectivity index (χ0n) is 19.1. The van der Waals surface area contributed by atoms with E-state index in [1.54, 1.807) is 28.9 Å². The minimum Gasteiger partial charge on any atom is -0.439 e. The van der Waals surface area contributed by atoms with E-state index in [4.69, 9.17) is 27.2 Å². The molecule has 180 valence electrons. The number of hydrogen-bond acceptors (Lipinski definition) is 5. The zero-order chi connectivity index (χ0) is 25.7. The van der Waals surface area contributed by atoms with E-state index in [0.29, 0.717) is 27.3 Å². The molecule has 0 radical (unpaired) electrons. The Labute approximate surface area is 224 Å². The lowest BCUT2D eigenvalue weighted by Crippen LogP contribution is -2.28. The molecular weight excluding hydrogens is 554 g/mol. The van der Waals surface area contributed by atoms with Crippen LogP contribution in [0.3, 0.4) is 0 Å². The lowest BCUT2D eigenvalue weighted by Gasteiger charge is -2.26. The summed E-state index contributed by atoms with van der Waals surface area (Å²) < 4.78 is 8.66. The summed E-state index contributed by atoms with van der Waals surface area (Å²) in [4.78, 5) is 16.7. The first-order valence-corrected chi connectivity index (χ1v) is 12.5. The summed E-state index contributed by atoms with van der Waals surface area (Å²) in [5, 5.41) is 16.0. The van der Waals surface area contributed by atoms with Crippen molar-refractivity contribution in [3.63, 3.8) is 0 Å². The Morgan fingerprint density at radius 1 is 1.05 bits per heavy atom. The topological polar surface area (TPSA) is 110 Å². The van der Waals surface area contributed by atoms with Gasteiger partial charge in [-0.05, 0) is 42.0 Å². The van der Waals surface area contributed by atoms with Crippen molar-refractivity contribution in [3.8, 4) is 28.8 Å². The molecule has 0 saturated heterocycles. The van der Waals surface area contributed by atoms with Gasteiger partial charge in [-0.2, -0.15) is 10.4 Å². The number of rotatable bonds is 3. The number of nitriles is 1. The summed E-state index contributed by atoms with van der Waals surface area (Å²) >= 11 is 9.59. The molecule has 0 saturated carbocycles.